The molecule has 0 radical (unpaired) electrons. The van der Waals surface area contributed by atoms with E-state index < -0.39 is 11.9 Å². The van der Waals surface area contributed by atoms with E-state index in [0.717, 1.165) is 24.0 Å². The Hall–Kier alpha value is -4.08. The lowest BCUT2D eigenvalue weighted by atomic mass is 10.1. The van der Waals surface area contributed by atoms with Gasteiger partial charge in [0.2, 0.25) is 0 Å². The van der Waals surface area contributed by atoms with Crippen LogP contribution in [0.25, 0.3) is 22.8 Å². The highest BCUT2D eigenvalue weighted by Crippen LogP contribution is 2.18. The molecule has 1 amide bonds. The second-order valence-electron chi connectivity index (χ2n) is 9.22. The Morgan fingerprint density at radius 2 is 2.03 bits per heavy atom. The molecule has 1 unspecified atom stereocenters. The van der Waals surface area contributed by atoms with Crippen LogP contribution in [0.5, 0.6) is 0 Å². The van der Waals surface area contributed by atoms with E-state index in [-0.39, 0.29) is 41.3 Å². The van der Waals surface area contributed by atoms with E-state index in [4.69, 9.17) is 26.1 Å². The summed E-state index contributed by atoms with van der Waals surface area (Å²) >= 11 is 5.95. The van der Waals surface area contributed by atoms with E-state index in [0.29, 0.717) is 22.9 Å². The van der Waals surface area contributed by atoms with Gasteiger partial charge in [-0.1, -0.05) is 29.8 Å². The SMILES string of the molecule is CCOC(=O)c1cc2c(=O)n3cccc(C)c3nc2n(CC2CCCO2)c1=NC(=O)/C=C/c1ccc(Cl)cc1. The molecule has 1 aliphatic heterocycles. The number of amides is 1. The zero-order valence-electron chi connectivity index (χ0n) is 21.6. The average Bonchev–Trinajstić information content (AvgIpc) is 3.44. The van der Waals surface area contributed by atoms with Gasteiger partial charge in [-0.25, -0.2) is 9.78 Å². The number of carbonyl (C=O) groups excluding carboxylic acids is 2. The molecule has 0 saturated carbocycles. The van der Waals surface area contributed by atoms with Gasteiger partial charge in [-0.3, -0.25) is 14.0 Å². The monoisotopic (exact) mass is 546 g/mol. The van der Waals surface area contributed by atoms with Crippen LogP contribution in [0.4, 0.5) is 0 Å². The third kappa shape index (κ3) is 5.55. The normalized spacial score (nSPS) is 16.0. The van der Waals surface area contributed by atoms with Crippen molar-refractivity contribution >= 4 is 46.2 Å². The Balaban J connectivity index is 1.78. The van der Waals surface area contributed by atoms with Crippen molar-refractivity contribution in [3.63, 3.8) is 0 Å². The fourth-order valence-corrected chi connectivity index (χ4v) is 4.74. The third-order valence-electron chi connectivity index (χ3n) is 6.52. The van der Waals surface area contributed by atoms with Crippen molar-refractivity contribution in [2.24, 2.45) is 4.99 Å². The zero-order valence-corrected chi connectivity index (χ0v) is 22.4. The first-order valence-electron chi connectivity index (χ1n) is 12.7. The smallest absolute Gasteiger partial charge is 0.341 e. The molecule has 9 nitrogen and oxygen atoms in total. The van der Waals surface area contributed by atoms with Crippen LogP contribution < -0.4 is 11.0 Å². The van der Waals surface area contributed by atoms with Crippen LogP contribution in [0.2, 0.25) is 5.02 Å². The van der Waals surface area contributed by atoms with Gasteiger partial charge in [0.1, 0.15) is 16.9 Å². The highest BCUT2D eigenvalue weighted by atomic mass is 35.5. The number of hydrogen-bond donors (Lipinski definition) is 0. The zero-order chi connectivity index (χ0) is 27.5. The van der Waals surface area contributed by atoms with Crippen molar-refractivity contribution in [3.05, 3.63) is 92.3 Å². The summed E-state index contributed by atoms with van der Waals surface area (Å²) in [6.07, 6.45) is 6.03. The Morgan fingerprint density at radius 1 is 1.23 bits per heavy atom. The second kappa shape index (κ2) is 11.3. The lowest BCUT2D eigenvalue weighted by Crippen LogP contribution is -2.35. The number of nitrogens with zero attached hydrogens (tertiary/aromatic N) is 4. The predicted molar refractivity (Wildman–Crippen MR) is 148 cm³/mol. The molecule has 200 valence electrons. The number of fused-ring (bicyclic) bond motifs is 2. The number of hydrogen-bond acceptors (Lipinski definition) is 6. The van der Waals surface area contributed by atoms with Crippen LogP contribution in [0.1, 0.15) is 41.3 Å². The fraction of sp³-hybridized carbons (Fsp3) is 0.276. The van der Waals surface area contributed by atoms with Gasteiger partial charge in [-0.2, -0.15) is 4.99 Å². The number of carbonyl (C=O) groups is 2. The number of aromatic nitrogens is 3. The first-order chi connectivity index (χ1) is 18.9. The number of rotatable bonds is 6. The molecule has 1 atom stereocenters. The summed E-state index contributed by atoms with van der Waals surface area (Å²) in [7, 11) is 0. The second-order valence-corrected chi connectivity index (χ2v) is 9.66. The number of esters is 1. The number of aryl methyl sites for hydroxylation is 1. The summed E-state index contributed by atoms with van der Waals surface area (Å²) in [6, 6.07) is 12.0. The van der Waals surface area contributed by atoms with Gasteiger partial charge in [0.25, 0.3) is 11.5 Å². The van der Waals surface area contributed by atoms with E-state index >= 15 is 0 Å². The van der Waals surface area contributed by atoms with Gasteiger partial charge in [0.05, 0.1) is 24.6 Å². The molecule has 1 aromatic carbocycles. The maximum atomic E-state index is 13.6. The molecule has 0 N–H and O–H groups in total. The Bertz CT molecular complexity index is 1730. The van der Waals surface area contributed by atoms with Gasteiger partial charge >= 0.3 is 5.97 Å². The summed E-state index contributed by atoms with van der Waals surface area (Å²) < 4.78 is 14.2. The quantitative estimate of drug-likeness (QED) is 0.205. The van der Waals surface area contributed by atoms with Gasteiger partial charge in [-0.15, -0.1) is 0 Å². The topological polar surface area (TPSA) is 104 Å². The molecule has 10 heteroatoms. The molecule has 39 heavy (non-hydrogen) atoms. The molecule has 1 fully saturated rings. The molecular formula is C29H27ClN4O5. The lowest BCUT2D eigenvalue weighted by molar-refractivity contribution is -0.113. The summed E-state index contributed by atoms with van der Waals surface area (Å²) in [6.45, 7) is 4.52. The minimum absolute atomic E-state index is 0.00194. The fourth-order valence-electron chi connectivity index (χ4n) is 4.61. The first-order valence-corrected chi connectivity index (χ1v) is 13.1. The van der Waals surface area contributed by atoms with Crippen molar-refractivity contribution < 1.29 is 19.1 Å². The molecule has 3 aromatic heterocycles. The van der Waals surface area contributed by atoms with Crippen molar-refractivity contribution in [1.29, 1.82) is 0 Å². The molecule has 4 aromatic rings. The van der Waals surface area contributed by atoms with Crippen LogP contribution in [0.15, 0.2) is 64.5 Å². The minimum Gasteiger partial charge on any atom is -0.462 e. The standard InChI is InChI=1S/C29H27ClN4O5/c1-3-38-29(37)23-16-22-26(32-25-18(2)6-4-14-33(25)28(22)36)34(17-21-7-5-15-39-21)27(23)31-24(35)13-10-19-8-11-20(30)12-9-19/h4,6,8-14,16,21H,3,5,7,15,17H2,1-2H3/b13-10+,31-27?. The summed E-state index contributed by atoms with van der Waals surface area (Å²) in [4.78, 5) is 48.9. The maximum Gasteiger partial charge on any atom is 0.341 e. The van der Waals surface area contributed by atoms with Gasteiger partial charge in [0.15, 0.2) is 5.49 Å². The highest BCUT2D eigenvalue weighted by Gasteiger charge is 2.23. The molecule has 0 aliphatic carbocycles. The van der Waals surface area contributed by atoms with Crippen molar-refractivity contribution in [3.8, 4) is 0 Å². The third-order valence-corrected chi connectivity index (χ3v) is 6.77. The minimum atomic E-state index is -0.692. The summed E-state index contributed by atoms with van der Waals surface area (Å²) in [5.74, 6) is -1.29. The van der Waals surface area contributed by atoms with E-state index in [1.807, 2.05) is 13.0 Å². The molecule has 4 heterocycles. The largest absolute Gasteiger partial charge is 0.462 e. The molecule has 1 aliphatic rings. The van der Waals surface area contributed by atoms with Crippen molar-refractivity contribution in [2.45, 2.75) is 39.3 Å². The van der Waals surface area contributed by atoms with E-state index in [9.17, 15) is 14.4 Å². The van der Waals surface area contributed by atoms with Crippen LogP contribution in [0, 0.1) is 6.92 Å². The predicted octanol–water partition coefficient (Wildman–Crippen LogP) is 4.11. The van der Waals surface area contributed by atoms with Crippen LogP contribution in [-0.2, 0) is 20.8 Å². The van der Waals surface area contributed by atoms with Crippen LogP contribution in [-0.4, -0.2) is 45.1 Å². The number of pyridine rings is 2. The van der Waals surface area contributed by atoms with E-state index in [2.05, 4.69) is 4.99 Å². The van der Waals surface area contributed by atoms with Crippen molar-refractivity contribution in [1.82, 2.24) is 14.0 Å². The van der Waals surface area contributed by atoms with E-state index in [1.54, 1.807) is 54.1 Å². The molecule has 1 saturated heterocycles. The molecule has 0 bridgehead atoms. The Labute approximate surface area is 229 Å². The van der Waals surface area contributed by atoms with Crippen LogP contribution >= 0.6 is 11.6 Å². The summed E-state index contributed by atoms with van der Waals surface area (Å²) in [5, 5.41) is 0.794. The Kier molecular flexibility index (Phi) is 7.72. The first kappa shape index (κ1) is 26.5. The number of halogens is 1. The van der Waals surface area contributed by atoms with Gasteiger partial charge in [-0.05, 0) is 68.2 Å². The van der Waals surface area contributed by atoms with Crippen molar-refractivity contribution in [2.75, 3.05) is 13.2 Å². The van der Waals surface area contributed by atoms with E-state index in [1.165, 1.54) is 16.5 Å². The highest BCUT2D eigenvalue weighted by molar-refractivity contribution is 6.30. The summed E-state index contributed by atoms with van der Waals surface area (Å²) in [5.41, 5.74) is 2.07. The van der Waals surface area contributed by atoms with Crippen LogP contribution in [0.3, 0.4) is 0 Å². The number of benzene rings is 1. The molecule has 0 spiro atoms. The van der Waals surface area contributed by atoms with Gasteiger partial charge < -0.3 is 14.0 Å². The lowest BCUT2D eigenvalue weighted by Gasteiger charge is -2.18. The number of ether oxygens (including phenoxy) is 2. The molecule has 5 rings (SSSR count). The Morgan fingerprint density at radius 3 is 2.74 bits per heavy atom. The van der Waals surface area contributed by atoms with Gasteiger partial charge in [0, 0.05) is 23.9 Å². The molecular weight excluding hydrogens is 520 g/mol. The maximum absolute atomic E-state index is 13.6. The average molecular weight is 547 g/mol.